The third kappa shape index (κ3) is 2.32. The molecule has 100 valence electrons. The molecule has 2 heterocycles. The van der Waals surface area contributed by atoms with Gasteiger partial charge in [-0.25, -0.2) is 0 Å². The van der Waals surface area contributed by atoms with Crippen molar-refractivity contribution < 1.29 is 14.6 Å². The first-order chi connectivity index (χ1) is 9.29. The molecule has 0 aliphatic carbocycles. The molecule has 0 saturated carbocycles. The van der Waals surface area contributed by atoms with Crippen molar-refractivity contribution in [3.8, 4) is 0 Å². The van der Waals surface area contributed by atoms with Gasteiger partial charge >= 0.3 is 0 Å². The molecule has 1 fully saturated rings. The van der Waals surface area contributed by atoms with Gasteiger partial charge in [0.15, 0.2) is 0 Å². The van der Waals surface area contributed by atoms with Crippen molar-refractivity contribution in [1.29, 1.82) is 0 Å². The number of aliphatic hydroxyl groups is 1. The zero-order valence-electron chi connectivity index (χ0n) is 10.2. The number of fused-ring (bicyclic) bond motifs is 1. The number of aromatic nitrogens is 2. The minimum Gasteiger partial charge on any atom is -0.394 e. The molecule has 1 saturated heterocycles. The summed E-state index contributed by atoms with van der Waals surface area (Å²) in [5.74, 6) is -0.0998. The number of benzene rings is 1. The van der Waals surface area contributed by atoms with Crippen molar-refractivity contribution in [2.75, 3.05) is 26.4 Å². The van der Waals surface area contributed by atoms with Crippen LogP contribution in [-0.4, -0.2) is 57.1 Å². The summed E-state index contributed by atoms with van der Waals surface area (Å²) >= 11 is 1.13. The molecule has 2 aromatic rings. The number of carbonyl (C=O) groups is 1. The van der Waals surface area contributed by atoms with Crippen molar-refractivity contribution in [3.05, 3.63) is 23.8 Å². The van der Waals surface area contributed by atoms with E-state index in [4.69, 9.17) is 4.74 Å². The van der Waals surface area contributed by atoms with E-state index in [0.29, 0.717) is 25.3 Å². The Labute approximate surface area is 113 Å². The molecule has 1 aliphatic rings. The van der Waals surface area contributed by atoms with Crippen LogP contribution >= 0.6 is 11.7 Å². The number of ether oxygens (including phenoxy) is 1. The highest BCUT2D eigenvalue weighted by Gasteiger charge is 2.27. The first kappa shape index (κ1) is 12.5. The average Bonchev–Trinajstić information content (AvgIpc) is 2.93. The van der Waals surface area contributed by atoms with Crippen LogP contribution in [0.25, 0.3) is 11.0 Å². The van der Waals surface area contributed by atoms with Gasteiger partial charge in [0.25, 0.3) is 5.91 Å². The van der Waals surface area contributed by atoms with Gasteiger partial charge in [-0.3, -0.25) is 4.79 Å². The summed E-state index contributed by atoms with van der Waals surface area (Å²) in [5, 5.41) is 9.30. The molecule has 1 atom stereocenters. The van der Waals surface area contributed by atoms with Crippen LogP contribution < -0.4 is 0 Å². The second-order valence-electron chi connectivity index (χ2n) is 4.38. The predicted molar refractivity (Wildman–Crippen MR) is 70.1 cm³/mol. The molecule has 6 nitrogen and oxygen atoms in total. The third-order valence-electron chi connectivity index (χ3n) is 3.20. The van der Waals surface area contributed by atoms with Gasteiger partial charge in [-0.15, -0.1) is 0 Å². The molecule has 1 aromatic carbocycles. The largest absolute Gasteiger partial charge is 0.394 e. The SMILES string of the molecule is O=C(c1ccc2nsnc2c1)N1CCOCC1CO. The smallest absolute Gasteiger partial charge is 0.254 e. The molecule has 1 unspecified atom stereocenters. The third-order valence-corrected chi connectivity index (χ3v) is 3.76. The minimum absolute atomic E-state index is 0.0910. The Balaban J connectivity index is 1.89. The van der Waals surface area contributed by atoms with Crippen LogP contribution in [0.4, 0.5) is 0 Å². The molecule has 19 heavy (non-hydrogen) atoms. The van der Waals surface area contributed by atoms with Gasteiger partial charge in [-0.2, -0.15) is 8.75 Å². The van der Waals surface area contributed by atoms with Crippen LogP contribution in [0, 0.1) is 0 Å². The van der Waals surface area contributed by atoms with Crippen LogP contribution in [0.3, 0.4) is 0 Å². The number of rotatable bonds is 2. The molecule has 1 aliphatic heterocycles. The van der Waals surface area contributed by atoms with Gasteiger partial charge in [-0.05, 0) is 18.2 Å². The highest BCUT2D eigenvalue weighted by atomic mass is 32.1. The van der Waals surface area contributed by atoms with Gasteiger partial charge in [0.05, 0.1) is 37.6 Å². The van der Waals surface area contributed by atoms with E-state index in [1.54, 1.807) is 23.1 Å². The Kier molecular flexibility index (Phi) is 3.41. The van der Waals surface area contributed by atoms with E-state index in [0.717, 1.165) is 22.8 Å². The number of amides is 1. The lowest BCUT2D eigenvalue weighted by atomic mass is 10.1. The maximum absolute atomic E-state index is 12.4. The maximum atomic E-state index is 12.4. The molecular weight excluding hydrogens is 266 g/mol. The summed E-state index contributed by atoms with van der Waals surface area (Å²) in [7, 11) is 0. The summed E-state index contributed by atoms with van der Waals surface area (Å²) < 4.78 is 13.5. The molecule has 7 heteroatoms. The normalized spacial score (nSPS) is 19.8. The van der Waals surface area contributed by atoms with Crippen LogP contribution in [-0.2, 0) is 4.74 Å². The Hall–Kier alpha value is -1.57. The van der Waals surface area contributed by atoms with Crippen LogP contribution in [0.5, 0.6) is 0 Å². The molecule has 1 aromatic heterocycles. The zero-order chi connectivity index (χ0) is 13.2. The monoisotopic (exact) mass is 279 g/mol. The first-order valence-corrected chi connectivity index (χ1v) is 6.74. The first-order valence-electron chi connectivity index (χ1n) is 6.01. The second-order valence-corrected chi connectivity index (χ2v) is 4.91. The Morgan fingerprint density at radius 3 is 3.16 bits per heavy atom. The highest BCUT2D eigenvalue weighted by molar-refractivity contribution is 7.00. The van der Waals surface area contributed by atoms with Gasteiger partial charge in [0.1, 0.15) is 11.0 Å². The van der Waals surface area contributed by atoms with Crippen LogP contribution in [0.1, 0.15) is 10.4 Å². The summed E-state index contributed by atoms with van der Waals surface area (Å²) in [6, 6.07) is 5.01. The van der Waals surface area contributed by atoms with Gasteiger partial charge in [0, 0.05) is 12.1 Å². The number of nitrogens with zero attached hydrogens (tertiary/aromatic N) is 3. The second kappa shape index (κ2) is 5.20. The average molecular weight is 279 g/mol. The fourth-order valence-corrected chi connectivity index (χ4v) is 2.67. The summed E-state index contributed by atoms with van der Waals surface area (Å²) in [6.45, 7) is 1.29. The number of hydrogen-bond acceptors (Lipinski definition) is 6. The van der Waals surface area contributed by atoms with Crippen molar-refractivity contribution in [2.24, 2.45) is 0 Å². The van der Waals surface area contributed by atoms with Crippen molar-refractivity contribution in [1.82, 2.24) is 13.6 Å². The van der Waals surface area contributed by atoms with Crippen LogP contribution in [0.15, 0.2) is 18.2 Å². The quantitative estimate of drug-likeness (QED) is 0.867. The molecule has 1 N–H and O–H groups in total. The van der Waals surface area contributed by atoms with E-state index >= 15 is 0 Å². The van der Waals surface area contributed by atoms with E-state index in [1.165, 1.54) is 0 Å². The molecule has 0 radical (unpaired) electrons. The fraction of sp³-hybridized carbons (Fsp3) is 0.417. The molecule has 1 amide bonds. The molecule has 0 spiro atoms. The highest BCUT2D eigenvalue weighted by Crippen LogP contribution is 2.17. The molecule has 0 bridgehead atoms. The van der Waals surface area contributed by atoms with Gasteiger partial charge in [-0.1, -0.05) is 0 Å². The molecule has 3 rings (SSSR count). The number of hydrogen-bond donors (Lipinski definition) is 1. The Morgan fingerprint density at radius 2 is 2.32 bits per heavy atom. The van der Waals surface area contributed by atoms with Crippen molar-refractivity contribution in [3.63, 3.8) is 0 Å². The number of morpholine rings is 1. The lowest BCUT2D eigenvalue weighted by molar-refractivity contribution is -0.0183. The Bertz CT molecular complexity index is 601. The van der Waals surface area contributed by atoms with Crippen LogP contribution in [0.2, 0.25) is 0 Å². The van der Waals surface area contributed by atoms with E-state index in [1.807, 2.05) is 0 Å². The van der Waals surface area contributed by atoms with E-state index in [9.17, 15) is 9.90 Å². The summed E-state index contributed by atoms with van der Waals surface area (Å²) in [6.07, 6.45) is 0. The maximum Gasteiger partial charge on any atom is 0.254 e. The lowest BCUT2D eigenvalue weighted by Gasteiger charge is -2.34. The van der Waals surface area contributed by atoms with E-state index < -0.39 is 0 Å². The zero-order valence-corrected chi connectivity index (χ0v) is 11.0. The summed E-state index contributed by atoms with van der Waals surface area (Å²) in [5.41, 5.74) is 2.09. The van der Waals surface area contributed by atoms with Crippen molar-refractivity contribution >= 4 is 28.7 Å². The number of aliphatic hydroxyl groups excluding tert-OH is 1. The number of carbonyl (C=O) groups excluding carboxylic acids is 1. The Morgan fingerprint density at radius 1 is 1.47 bits per heavy atom. The standard InChI is InChI=1S/C12H13N3O3S/c16-6-9-7-18-4-3-15(9)12(17)8-1-2-10-11(5-8)14-19-13-10/h1-2,5,9,16H,3-4,6-7H2. The minimum atomic E-state index is -0.273. The topological polar surface area (TPSA) is 75.6 Å². The van der Waals surface area contributed by atoms with Gasteiger partial charge < -0.3 is 14.7 Å². The fourth-order valence-electron chi connectivity index (χ4n) is 2.15. The summed E-state index contributed by atoms with van der Waals surface area (Å²) in [4.78, 5) is 14.1. The van der Waals surface area contributed by atoms with Gasteiger partial charge in [0.2, 0.25) is 0 Å². The van der Waals surface area contributed by atoms with Crippen molar-refractivity contribution in [2.45, 2.75) is 6.04 Å². The van der Waals surface area contributed by atoms with E-state index in [-0.39, 0.29) is 18.6 Å². The van der Waals surface area contributed by atoms with E-state index in [2.05, 4.69) is 8.75 Å². The molecular formula is C12H13N3O3S. The lowest BCUT2D eigenvalue weighted by Crippen LogP contribution is -2.50. The predicted octanol–water partition coefficient (Wildman–Crippen LogP) is 0.525.